The molecular formula is C23H32FN3O2. The molecule has 0 saturated carbocycles. The molecule has 0 saturated heterocycles. The van der Waals surface area contributed by atoms with E-state index in [2.05, 4.69) is 17.0 Å². The van der Waals surface area contributed by atoms with Gasteiger partial charge < -0.3 is 10.1 Å². The summed E-state index contributed by atoms with van der Waals surface area (Å²) in [7, 11) is 1.72. The third-order valence-electron chi connectivity index (χ3n) is 4.82. The zero-order valence-corrected chi connectivity index (χ0v) is 17.5. The number of halogens is 1. The molecule has 1 heterocycles. The van der Waals surface area contributed by atoms with Gasteiger partial charge in [0, 0.05) is 19.2 Å². The molecule has 0 spiro atoms. The van der Waals surface area contributed by atoms with Gasteiger partial charge in [0.1, 0.15) is 5.69 Å². The van der Waals surface area contributed by atoms with Gasteiger partial charge in [0.15, 0.2) is 11.6 Å². The molecular weight excluding hydrogens is 369 g/mol. The van der Waals surface area contributed by atoms with Crippen molar-refractivity contribution in [2.75, 3.05) is 6.61 Å². The zero-order valence-electron chi connectivity index (χ0n) is 17.5. The number of ether oxygens (including phenoxy) is 1. The molecule has 0 aliphatic carbocycles. The molecule has 0 atom stereocenters. The number of nitrogens with zero attached hydrogens (tertiary/aromatic N) is 2. The van der Waals surface area contributed by atoms with E-state index in [0.717, 1.165) is 37.8 Å². The highest BCUT2D eigenvalue weighted by molar-refractivity contribution is 5.92. The summed E-state index contributed by atoms with van der Waals surface area (Å²) in [5.74, 6) is -0.461. The standard InChI is InChI=1S/C23H32FN3O2/c1-4-6-7-8-9-10-11-15-29-21-14-12-13-18(22(21)24)17-25-23(28)20-16-19(5-2)26-27(20)3/h4,12-14,16H,1,5-11,15,17H2,2-3H3,(H,25,28). The van der Waals surface area contributed by atoms with E-state index in [4.69, 9.17) is 4.74 Å². The highest BCUT2D eigenvalue weighted by Gasteiger charge is 2.14. The molecule has 0 aliphatic heterocycles. The third-order valence-corrected chi connectivity index (χ3v) is 4.82. The van der Waals surface area contributed by atoms with Gasteiger partial charge in [-0.05, 0) is 37.8 Å². The van der Waals surface area contributed by atoms with E-state index in [1.165, 1.54) is 12.8 Å². The van der Waals surface area contributed by atoms with Gasteiger partial charge in [0.25, 0.3) is 5.91 Å². The Balaban J connectivity index is 1.81. The Morgan fingerprint density at radius 3 is 2.76 bits per heavy atom. The maximum absolute atomic E-state index is 14.7. The minimum atomic E-state index is -0.418. The predicted octanol–water partition coefficient (Wildman–Crippen LogP) is 4.96. The van der Waals surface area contributed by atoms with E-state index in [0.29, 0.717) is 17.9 Å². The summed E-state index contributed by atoms with van der Waals surface area (Å²) in [4.78, 5) is 12.4. The lowest BCUT2D eigenvalue weighted by Gasteiger charge is -2.11. The van der Waals surface area contributed by atoms with Crippen molar-refractivity contribution in [1.82, 2.24) is 15.1 Å². The highest BCUT2D eigenvalue weighted by atomic mass is 19.1. The molecule has 0 unspecified atom stereocenters. The number of unbranched alkanes of at least 4 members (excludes halogenated alkanes) is 5. The largest absolute Gasteiger partial charge is 0.491 e. The fraction of sp³-hybridized carbons (Fsp3) is 0.478. The lowest BCUT2D eigenvalue weighted by Crippen LogP contribution is -2.25. The Bertz CT molecular complexity index is 801. The van der Waals surface area contributed by atoms with Crippen LogP contribution in [0.5, 0.6) is 5.75 Å². The Kier molecular flexibility index (Phi) is 9.41. The summed E-state index contributed by atoms with van der Waals surface area (Å²) in [6.45, 7) is 6.28. The lowest BCUT2D eigenvalue weighted by atomic mass is 10.1. The van der Waals surface area contributed by atoms with Crippen LogP contribution >= 0.6 is 0 Å². The molecule has 158 valence electrons. The number of hydrogen-bond acceptors (Lipinski definition) is 3. The average Bonchev–Trinajstić information content (AvgIpc) is 3.11. The Labute approximate surface area is 173 Å². The van der Waals surface area contributed by atoms with Gasteiger partial charge in [0.05, 0.1) is 12.3 Å². The number of allylic oxidation sites excluding steroid dienone is 1. The van der Waals surface area contributed by atoms with Crippen LogP contribution in [0.4, 0.5) is 4.39 Å². The summed E-state index contributed by atoms with van der Waals surface area (Å²) in [5.41, 5.74) is 1.71. The van der Waals surface area contributed by atoms with Crippen LogP contribution in [0, 0.1) is 5.82 Å². The molecule has 29 heavy (non-hydrogen) atoms. The van der Waals surface area contributed by atoms with Crippen LogP contribution in [0.2, 0.25) is 0 Å². The van der Waals surface area contributed by atoms with Crippen molar-refractivity contribution in [1.29, 1.82) is 0 Å². The molecule has 1 amide bonds. The van der Waals surface area contributed by atoms with E-state index in [1.54, 1.807) is 36.0 Å². The Hall–Kier alpha value is -2.63. The lowest BCUT2D eigenvalue weighted by molar-refractivity contribution is 0.0941. The van der Waals surface area contributed by atoms with Crippen LogP contribution in [0.1, 0.15) is 67.2 Å². The van der Waals surface area contributed by atoms with Crippen molar-refractivity contribution < 1.29 is 13.9 Å². The summed E-state index contributed by atoms with van der Waals surface area (Å²) >= 11 is 0. The van der Waals surface area contributed by atoms with Crippen molar-refractivity contribution in [2.45, 2.75) is 58.4 Å². The second kappa shape index (κ2) is 12.0. The second-order valence-electron chi connectivity index (χ2n) is 7.10. The quantitative estimate of drug-likeness (QED) is 0.381. The smallest absolute Gasteiger partial charge is 0.269 e. The molecule has 0 radical (unpaired) electrons. The number of aryl methyl sites for hydroxylation is 2. The van der Waals surface area contributed by atoms with Crippen LogP contribution in [0.15, 0.2) is 36.9 Å². The first-order chi connectivity index (χ1) is 14.1. The number of amides is 1. The zero-order chi connectivity index (χ0) is 21.1. The van der Waals surface area contributed by atoms with E-state index in [1.807, 2.05) is 13.0 Å². The number of rotatable bonds is 13. The van der Waals surface area contributed by atoms with Crippen molar-refractivity contribution in [3.8, 4) is 5.75 Å². The van der Waals surface area contributed by atoms with Crippen molar-refractivity contribution in [3.05, 3.63) is 59.7 Å². The minimum Gasteiger partial charge on any atom is -0.491 e. The van der Waals surface area contributed by atoms with Crippen LogP contribution in [-0.2, 0) is 20.0 Å². The summed E-state index contributed by atoms with van der Waals surface area (Å²) in [6.07, 6.45) is 9.24. The maximum Gasteiger partial charge on any atom is 0.269 e. The summed E-state index contributed by atoms with van der Waals surface area (Å²) < 4.78 is 21.8. The third kappa shape index (κ3) is 7.04. The van der Waals surface area contributed by atoms with Gasteiger partial charge in [-0.25, -0.2) is 4.39 Å². The fourth-order valence-electron chi connectivity index (χ4n) is 3.09. The molecule has 0 bridgehead atoms. The topological polar surface area (TPSA) is 56.1 Å². The fourth-order valence-corrected chi connectivity index (χ4v) is 3.09. The van der Waals surface area contributed by atoms with Crippen molar-refractivity contribution in [2.24, 2.45) is 7.05 Å². The van der Waals surface area contributed by atoms with E-state index < -0.39 is 5.82 Å². The maximum atomic E-state index is 14.7. The highest BCUT2D eigenvalue weighted by Crippen LogP contribution is 2.21. The van der Waals surface area contributed by atoms with Crippen molar-refractivity contribution in [3.63, 3.8) is 0 Å². The number of carbonyl (C=O) groups excluding carboxylic acids is 1. The van der Waals surface area contributed by atoms with Gasteiger partial charge in [-0.15, -0.1) is 6.58 Å². The average molecular weight is 402 g/mol. The van der Waals surface area contributed by atoms with E-state index >= 15 is 0 Å². The molecule has 2 aromatic rings. The monoisotopic (exact) mass is 401 g/mol. The molecule has 0 aliphatic rings. The second-order valence-corrected chi connectivity index (χ2v) is 7.10. The van der Waals surface area contributed by atoms with Gasteiger partial charge in [-0.2, -0.15) is 5.10 Å². The van der Waals surface area contributed by atoms with E-state index in [9.17, 15) is 9.18 Å². The van der Waals surface area contributed by atoms with Crippen LogP contribution in [0.3, 0.4) is 0 Å². The Morgan fingerprint density at radius 2 is 2.03 bits per heavy atom. The summed E-state index contributed by atoms with van der Waals surface area (Å²) in [5, 5.41) is 7.02. The predicted molar refractivity (Wildman–Crippen MR) is 114 cm³/mol. The first-order valence-corrected chi connectivity index (χ1v) is 10.4. The first-order valence-electron chi connectivity index (χ1n) is 10.4. The Morgan fingerprint density at radius 1 is 1.28 bits per heavy atom. The van der Waals surface area contributed by atoms with Gasteiger partial charge in [-0.1, -0.05) is 44.4 Å². The van der Waals surface area contributed by atoms with Crippen LogP contribution in [0.25, 0.3) is 0 Å². The molecule has 6 heteroatoms. The number of hydrogen-bond donors (Lipinski definition) is 1. The van der Waals surface area contributed by atoms with Crippen LogP contribution < -0.4 is 10.1 Å². The molecule has 1 N–H and O–H groups in total. The van der Waals surface area contributed by atoms with Gasteiger partial charge >= 0.3 is 0 Å². The number of aromatic nitrogens is 2. The van der Waals surface area contributed by atoms with Crippen molar-refractivity contribution >= 4 is 5.91 Å². The normalized spacial score (nSPS) is 10.7. The molecule has 0 fully saturated rings. The summed E-state index contributed by atoms with van der Waals surface area (Å²) in [6, 6.07) is 6.78. The van der Waals surface area contributed by atoms with Gasteiger partial charge in [0.2, 0.25) is 0 Å². The minimum absolute atomic E-state index is 0.0950. The molecule has 5 nitrogen and oxygen atoms in total. The molecule has 1 aromatic carbocycles. The molecule has 2 rings (SSSR count). The number of benzene rings is 1. The van der Waals surface area contributed by atoms with E-state index in [-0.39, 0.29) is 18.2 Å². The van der Waals surface area contributed by atoms with Gasteiger partial charge in [-0.3, -0.25) is 9.48 Å². The first kappa shape index (κ1) is 22.7. The number of nitrogens with one attached hydrogen (secondary N) is 1. The van der Waals surface area contributed by atoms with Crippen LogP contribution in [-0.4, -0.2) is 22.3 Å². The molecule has 1 aromatic heterocycles. The number of carbonyl (C=O) groups is 1. The SMILES string of the molecule is C=CCCCCCCCOc1cccc(CNC(=O)c2cc(CC)nn2C)c1F.